The highest BCUT2D eigenvalue weighted by atomic mass is 16.5. The highest BCUT2D eigenvalue weighted by molar-refractivity contribution is 5.47. The van der Waals surface area contributed by atoms with Crippen molar-refractivity contribution in [2.45, 2.75) is 12.8 Å². The maximum absolute atomic E-state index is 10.4. The summed E-state index contributed by atoms with van der Waals surface area (Å²) in [6, 6.07) is 0. The van der Waals surface area contributed by atoms with Gasteiger partial charge in [0.05, 0.1) is 13.2 Å². The molecule has 0 aromatic rings. The van der Waals surface area contributed by atoms with Crippen LogP contribution in [0.2, 0.25) is 0 Å². The summed E-state index contributed by atoms with van der Waals surface area (Å²) in [6.45, 7) is 3.68. The minimum absolute atomic E-state index is 0.458. The van der Waals surface area contributed by atoms with E-state index in [0.717, 1.165) is 45.6 Å². The Labute approximate surface area is 66.3 Å². The minimum atomic E-state index is 0.458. The monoisotopic (exact) mass is 155 g/mol. The normalized spacial score (nSPS) is 28.2. The maximum atomic E-state index is 10.4. The number of amides is 1. The summed E-state index contributed by atoms with van der Waals surface area (Å²) in [4.78, 5) is 12.2. The Morgan fingerprint density at radius 3 is 2.27 bits per heavy atom. The molecule has 0 unspecified atom stereocenters. The van der Waals surface area contributed by atoms with Crippen LogP contribution in [-0.2, 0) is 9.53 Å². The molecule has 0 aromatic carbocycles. The van der Waals surface area contributed by atoms with Gasteiger partial charge in [-0.3, -0.25) is 4.79 Å². The zero-order valence-electron chi connectivity index (χ0n) is 6.58. The lowest BCUT2D eigenvalue weighted by atomic mass is 9.77. The van der Waals surface area contributed by atoms with Crippen LogP contribution in [0.25, 0.3) is 0 Å². The molecule has 2 fully saturated rings. The lowest BCUT2D eigenvalue weighted by Gasteiger charge is -2.46. The molecule has 3 heteroatoms. The van der Waals surface area contributed by atoms with Gasteiger partial charge in [-0.05, 0) is 12.8 Å². The SMILES string of the molecule is O=CN1CCC2(CC1)COC2. The number of piperidine rings is 1. The summed E-state index contributed by atoms with van der Waals surface area (Å²) < 4.78 is 5.18. The molecule has 62 valence electrons. The standard InChI is InChI=1S/C8H13NO2/c10-7-9-3-1-8(2-4-9)5-11-6-8/h7H,1-6H2. The van der Waals surface area contributed by atoms with Gasteiger partial charge in [0.15, 0.2) is 0 Å². The third-order valence-corrected chi connectivity index (χ3v) is 2.82. The lowest BCUT2D eigenvalue weighted by Crippen LogP contribution is -2.50. The molecule has 1 amide bonds. The highest BCUT2D eigenvalue weighted by Gasteiger charge is 2.40. The van der Waals surface area contributed by atoms with Crippen LogP contribution in [0, 0.1) is 5.41 Å². The van der Waals surface area contributed by atoms with Crippen LogP contribution < -0.4 is 0 Å². The van der Waals surface area contributed by atoms with Crippen LogP contribution in [0.3, 0.4) is 0 Å². The maximum Gasteiger partial charge on any atom is 0.209 e. The van der Waals surface area contributed by atoms with Crippen molar-refractivity contribution in [3.63, 3.8) is 0 Å². The van der Waals surface area contributed by atoms with E-state index in [0.29, 0.717) is 5.41 Å². The first kappa shape index (κ1) is 7.10. The smallest absolute Gasteiger partial charge is 0.209 e. The quantitative estimate of drug-likeness (QED) is 0.508. The third-order valence-electron chi connectivity index (χ3n) is 2.82. The molecule has 0 aromatic heterocycles. The summed E-state index contributed by atoms with van der Waals surface area (Å²) in [6.07, 6.45) is 3.21. The number of rotatable bonds is 1. The molecular weight excluding hydrogens is 142 g/mol. The number of carbonyl (C=O) groups is 1. The number of hydrogen-bond donors (Lipinski definition) is 0. The molecule has 1 spiro atoms. The molecule has 0 saturated carbocycles. The topological polar surface area (TPSA) is 29.5 Å². The average molecular weight is 155 g/mol. The van der Waals surface area contributed by atoms with E-state index < -0.39 is 0 Å². The van der Waals surface area contributed by atoms with Gasteiger partial charge in [0, 0.05) is 18.5 Å². The van der Waals surface area contributed by atoms with Gasteiger partial charge in [-0.25, -0.2) is 0 Å². The number of ether oxygens (including phenoxy) is 1. The van der Waals surface area contributed by atoms with E-state index in [9.17, 15) is 4.79 Å². The molecule has 2 saturated heterocycles. The lowest BCUT2D eigenvalue weighted by molar-refractivity contribution is -0.146. The summed E-state index contributed by atoms with van der Waals surface area (Å²) in [5.74, 6) is 0. The molecular formula is C8H13NO2. The Bertz CT molecular complexity index is 155. The number of carbonyl (C=O) groups excluding carboxylic acids is 1. The molecule has 2 heterocycles. The van der Waals surface area contributed by atoms with Gasteiger partial charge in [0.2, 0.25) is 6.41 Å². The fraction of sp³-hybridized carbons (Fsp3) is 0.875. The average Bonchev–Trinajstić information content (AvgIpc) is 2.02. The summed E-state index contributed by atoms with van der Waals surface area (Å²) in [5.41, 5.74) is 0.458. The fourth-order valence-corrected chi connectivity index (χ4v) is 1.78. The van der Waals surface area contributed by atoms with Gasteiger partial charge in [0.25, 0.3) is 0 Å². The first-order chi connectivity index (χ1) is 5.35. The first-order valence-electron chi connectivity index (χ1n) is 4.12. The van der Waals surface area contributed by atoms with Crippen molar-refractivity contribution in [1.82, 2.24) is 4.90 Å². The Hall–Kier alpha value is -0.570. The van der Waals surface area contributed by atoms with Crippen molar-refractivity contribution in [3.05, 3.63) is 0 Å². The Balaban J connectivity index is 1.88. The van der Waals surface area contributed by atoms with Crippen molar-refractivity contribution in [2.75, 3.05) is 26.3 Å². The predicted molar refractivity (Wildman–Crippen MR) is 40.1 cm³/mol. The summed E-state index contributed by atoms with van der Waals surface area (Å²) in [5, 5.41) is 0. The molecule has 0 radical (unpaired) electrons. The zero-order chi connectivity index (χ0) is 7.73. The van der Waals surface area contributed by atoms with E-state index in [4.69, 9.17) is 4.74 Å². The molecule has 0 aliphatic carbocycles. The Morgan fingerprint density at radius 2 is 1.91 bits per heavy atom. The van der Waals surface area contributed by atoms with Crippen LogP contribution in [0.4, 0.5) is 0 Å². The van der Waals surface area contributed by atoms with Gasteiger partial charge in [-0.15, -0.1) is 0 Å². The van der Waals surface area contributed by atoms with Gasteiger partial charge in [0.1, 0.15) is 0 Å². The summed E-state index contributed by atoms with van der Waals surface area (Å²) in [7, 11) is 0. The van der Waals surface area contributed by atoms with E-state index in [1.54, 1.807) is 0 Å². The van der Waals surface area contributed by atoms with Gasteiger partial charge in [-0.2, -0.15) is 0 Å². The van der Waals surface area contributed by atoms with Crippen molar-refractivity contribution in [2.24, 2.45) is 5.41 Å². The molecule has 0 N–H and O–H groups in total. The van der Waals surface area contributed by atoms with E-state index in [1.807, 2.05) is 4.90 Å². The molecule has 2 aliphatic heterocycles. The zero-order valence-corrected chi connectivity index (χ0v) is 6.58. The van der Waals surface area contributed by atoms with Crippen LogP contribution in [-0.4, -0.2) is 37.6 Å². The van der Waals surface area contributed by atoms with Crippen molar-refractivity contribution < 1.29 is 9.53 Å². The van der Waals surface area contributed by atoms with Gasteiger partial charge in [-0.1, -0.05) is 0 Å². The van der Waals surface area contributed by atoms with Crippen LogP contribution in [0.1, 0.15) is 12.8 Å². The van der Waals surface area contributed by atoms with E-state index in [-0.39, 0.29) is 0 Å². The largest absolute Gasteiger partial charge is 0.380 e. The molecule has 0 atom stereocenters. The predicted octanol–water partition coefficient (Wildman–Crippen LogP) is 0.255. The number of likely N-dealkylation sites (tertiary alicyclic amines) is 1. The minimum Gasteiger partial charge on any atom is -0.380 e. The van der Waals surface area contributed by atoms with Crippen LogP contribution in [0.15, 0.2) is 0 Å². The third kappa shape index (κ3) is 1.13. The molecule has 11 heavy (non-hydrogen) atoms. The summed E-state index contributed by atoms with van der Waals surface area (Å²) >= 11 is 0. The second-order valence-corrected chi connectivity index (χ2v) is 3.63. The van der Waals surface area contributed by atoms with E-state index >= 15 is 0 Å². The fourth-order valence-electron chi connectivity index (χ4n) is 1.78. The Kier molecular flexibility index (Phi) is 1.60. The number of hydrogen-bond acceptors (Lipinski definition) is 2. The second kappa shape index (κ2) is 2.48. The second-order valence-electron chi connectivity index (χ2n) is 3.63. The van der Waals surface area contributed by atoms with Crippen LogP contribution in [0.5, 0.6) is 0 Å². The van der Waals surface area contributed by atoms with Crippen molar-refractivity contribution in [3.8, 4) is 0 Å². The highest BCUT2D eigenvalue weighted by Crippen LogP contribution is 2.37. The van der Waals surface area contributed by atoms with E-state index in [1.165, 1.54) is 0 Å². The number of nitrogens with zero attached hydrogens (tertiary/aromatic N) is 1. The van der Waals surface area contributed by atoms with E-state index in [2.05, 4.69) is 0 Å². The van der Waals surface area contributed by atoms with Gasteiger partial charge >= 0.3 is 0 Å². The molecule has 2 aliphatic rings. The van der Waals surface area contributed by atoms with Crippen molar-refractivity contribution >= 4 is 6.41 Å². The molecule has 3 nitrogen and oxygen atoms in total. The van der Waals surface area contributed by atoms with Gasteiger partial charge < -0.3 is 9.64 Å². The Morgan fingerprint density at radius 1 is 1.27 bits per heavy atom. The van der Waals surface area contributed by atoms with Crippen molar-refractivity contribution in [1.29, 1.82) is 0 Å². The van der Waals surface area contributed by atoms with Crippen LogP contribution >= 0.6 is 0 Å². The molecule has 2 rings (SSSR count). The molecule has 0 bridgehead atoms. The first-order valence-corrected chi connectivity index (χ1v) is 4.12.